The van der Waals surface area contributed by atoms with Crippen molar-refractivity contribution in [3.8, 4) is 0 Å². The van der Waals surface area contributed by atoms with Crippen molar-refractivity contribution in [2.75, 3.05) is 25.0 Å². The van der Waals surface area contributed by atoms with Crippen LogP contribution in [0.3, 0.4) is 0 Å². The second-order valence-corrected chi connectivity index (χ2v) is 9.36. The van der Waals surface area contributed by atoms with Crippen LogP contribution in [0.2, 0.25) is 0 Å². The van der Waals surface area contributed by atoms with E-state index in [2.05, 4.69) is 42.3 Å². The summed E-state index contributed by atoms with van der Waals surface area (Å²) >= 11 is 0. The molecular formula is C22H32N2. The van der Waals surface area contributed by atoms with Crippen molar-refractivity contribution in [2.24, 2.45) is 17.8 Å². The van der Waals surface area contributed by atoms with Crippen molar-refractivity contribution < 1.29 is 0 Å². The molecule has 2 nitrogen and oxygen atoms in total. The number of nitrogens with one attached hydrogen (secondary N) is 1. The van der Waals surface area contributed by atoms with Gasteiger partial charge in [0.1, 0.15) is 0 Å². The van der Waals surface area contributed by atoms with Crippen LogP contribution < -0.4 is 5.32 Å². The predicted molar refractivity (Wildman–Crippen MR) is 101 cm³/mol. The monoisotopic (exact) mass is 324 g/mol. The Labute approximate surface area is 147 Å². The van der Waals surface area contributed by atoms with Crippen molar-refractivity contribution in [3.63, 3.8) is 0 Å². The zero-order valence-electron chi connectivity index (χ0n) is 15.4. The minimum absolute atomic E-state index is 0.371. The second-order valence-electron chi connectivity index (χ2n) is 9.36. The first-order chi connectivity index (χ1) is 11.6. The Balaban J connectivity index is 1.42. The summed E-state index contributed by atoms with van der Waals surface area (Å²) in [7, 11) is 0. The van der Waals surface area contributed by atoms with E-state index in [-0.39, 0.29) is 0 Å². The smallest absolute Gasteiger partial charge is 0.0343 e. The van der Waals surface area contributed by atoms with Gasteiger partial charge in [-0.2, -0.15) is 0 Å². The number of fused-ring (bicyclic) bond motifs is 4. The Hall–Kier alpha value is -1.02. The quantitative estimate of drug-likeness (QED) is 0.861. The Bertz CT molecular complexity index is 631. The first kappa shape index (κ1) is 15.3. The van der Waals surface area contributed by atoms with Crippen LogP contribution in [0.1, 0.15) is 57.1 Å². The average Bonchev–Trinajstić information content (AvgIpc) is 3.47. The molecule has 4 aliphatic rings. The van der Waals surface area contributed by atoms with Crippen LogP contribution >= 0.6 is 0 Å². The second kappa shape index (κ2) is 5.49. The van der Waals surface area contributed by atoms with Gasteiger partial charge in [-0.3, -0.25) is 4.90 Å². The van der Waals surface area contributed by atoms with Gasteiger partial charge in [-0.15, -0.1) is 0 Å². The lowest BCUT2D eigenvalue weighted by molar-refractivity contribution is 0.0284. The highest BCUT2D eigenvalue weighted by Gasteiger charge is 2.49. The molecule has 2 bridgehead atoms. The Morgan fingerprint density at radius 2 is 1.96 bits per heavy atom. The number of nitrogens with zero attached hydrogens (tertiary/aromatic N) is 1. The molecule has 0 aromatic heterocycles. The molecule has 130 valence electrons. The minimum Gasteiger partial charge on any atom is -0.385 e. The molecule has 5 rings (SSSR count). The van der Waals surface area contributed by atoms with E-state index in [9.17, 15) is 0 Å². The molecule has 0 amide bonds. The molecular weight excluding hydrogens is 292 g/mol. The van der Waals surface area contributed by atoms with Gasteiger partial charge in [0.25, 0.3) is 0 Å². The lowest BCUT2D eigenvalue weighted by atomic mass is 9.59. The normalized spacial score (nSPS) is 35.6. The topological polar surface area (TPSA) is 15.3 Å². The van der Waals surface area contributed by atoms with Crippen molar-refractivity contribution in [1.82, 2.24) is 4.90 Å². The van der Waals surface area contributed by atoms with E-state index in [0.717, 1.165) is 23.8 Å². The fourth-order valence-electron chi connectivity index (χ4n) is 5.26. The van der Waals surface area contributed by atoms with Crippen LogP contribution in [0, 0.1) is 17.8 Å². The summed E-state index contributed by atoms with van der Waals surface area (Å²) in [5, 5.41) is 3.70. The molecule has 1 unspecified atom stereocenters. The van der Waals surface area contributed by atoms with Crippen LogP contribution in [0.25, 0.3) is 0 Å². The molecule has 1 aromatic rings. The molecule has 0 radical (unpaired) electrons. The van der Waals surface area contributed by atoms with Gasteiger partial charge in [-0.05, 0) is 91.5 Å². The van der Waals surface area contributed by atoms with Crippen molar-refractivity contribution in [2.45, 2.75) is 63.8 Å². The van der Waals surface area contributed by atoms with Gasteiger partial charge in [0.05, 0.1) is 0 Å². The van der Waals surface area contributed by atoms with Crippen molar-refractivity contribution >= 4 is 5.69 Å². The predicted octanol–water partition coefficient (Wildman–Crippen LogP) is 4.44. The van der Waals surface area contributed by atoms with Gasteiger partial charge < -0.3 is 5.32 Å². The van der Waals surface area contributed by atoms with Crippen molar-refractivity contribution in [1.29, 1.82) is 0 Å². The summed E-state index contributed by atoms with van der Waals surface area (Å²) < 4.78 is 0. The van der Waals surface area contributed by atoms with Crippen molar-refractivity contribution in [3.05, 3.63) is 29.3 Å². The zero-order valence-corrected chi connectivity index (χ0v) is 15.4. The SMILES string of the molecule is CC1[C@H]2Cc3ccc(NCC4CC4)cc3[C@]1(C)CCN2CC1CC1. The van der Waals surface area contributed by atoms with Gasteiger partial charge in [-0.25, -0.2) is 0 Å². The maximum absolute atomic E-state index is 3.70. The number of anilines is 1. The zero-order chi connectivity index (χ0) is 16.3. The number of rotatable bonds is 5. The molecule has 1 saturated heterocycles. The van der Waals surface area contributed by atoms with E-state index in [1.165, 1.54) is 63.8 Å². The molecule has 1 N–H and O–H groups in total. The first-order valence-corrected chi connectivity index (χ1v) is 10.2. The molecule has 2 saturated carbocycles. The van der Waals surface area contributed by atoms with E-state index >= 15 is 0 Å². The molecule has 0 spiro atoms. The number of piperidine rings is 1. The number of likely N-dealkylation sites (tertiary alicyclic amines) is 1. The Morgan fingerprint density at radius 3 is 2.71 bits per heavy atom. The highest BCUT2D eigenvalue weighted by molar-refractivity contribution is 5.53. The summed E-state index contributed by atoms with van der Waals surface area (Å²) in [6, 6.07) is 8.03. The maximum atomic E-state index is 3.70. The van der Waals surface area contributed by atoms with Gasteiger partial charge in [0.15, 0.2) is 0 Å². The van der Waals surface area contributed by atoms with Crippen LogP contribution in [-0.2, 0) is 11.8 Å². The van der Waals surface area contributed by atoms with Gasteiger partial charge in [-0.1, -0.05) is 19.9 Å². The van der Waals surface area contributed by atoms with Crippen LogP contribution in [-0.4, -0.2) is 30.6 Å². The Kier molecular flexibility index (Phi) is 3.49. The third-order valence-corrected chi connectivity index (χ3v) is 7.61. The summed E-state index contributed by atoms with van der Waals surface area (Å²) in [5.41, 5.74) is 5.00. The molecule has 1 aliphatic heterocycles. The lowest BCUT2D eigenvalue weighted by Gasteiger charge is -2.55. The molecule has 1 heterocycles. The fourth-order valence-corrected chi connectivity index (χ4v) is 5.26. The van der Waals surface area contributed by atoms with Crippen LogP contribution in [0.4, 0.5) is 5.69 Å². The third kappa shape index (κ3) is 2.58. The standard InChI is InChI=1S/C22H32N2/c1-15-21-11-18-7-8-19(23-13-16-3-4-16)12-20(18)22(15,2)9-10-24(21)14-17-5-6-17/h7-8,12,15-17,21,23H,3-6,9-11,13-14H2,1-2H3/t15?,21-,22-/m1/s1. The third-order valence-electron chi connectivity index (χ3n) is 7.61. The highest BCUT2D eigenvalue weighted by Crippen LogP contribution is 2.50. The van der Waals surface area contributed by atoms with Crippen LogP contribution in [0.5, 0.6) is 0 Å². The fraction of sp³-hybridized carbons (Fsp3) is 0.727. The number of hydrogen-bond acceptors (Lipinski definition) is 2. The molecule has 3 fully saturated rings. The molecule has 2 heteroatoms. The van der Waals surface area contributed by atoms with E-state index < -0.39 is 0 Å². The molecule has 3 atom stereocenters. The van der Waals surface area contributed by atoms with Gasteiger partial charge >= 0.3 is 0 Å². The van der Waals surface area contributed by atoms with Gasteiger partial charge in [0.2, 0.25) is 0 Å². The van der Waals surface area contributed by atoms with Gasteiger partial charge in [0, 0.05) is 24.8 Å². The molecule has 1 aromatic carbocycles. The highest BCUT2D eigenvalue weighted by atomic mass is 15.2. The van der Waals surface area contributed by atoms with E-state index in [4.69, 9.17) is 0 Å². The largest absolute Gasteiger partial charge is 0.385 e. The maximum Gasteiger partial charge on any atom is 0.0343 e. The summed E-state index contributed by atoms with van der Waals surface area (Å²) in [6.07, 6.45) is 8.39. The summed E-state index contributed by atoms with van der Waals surface area (Å²) in [4.78, 5) is 2.84. The average molecular weight is 325 g/mol. The minimum atomic E-state index is 0.371. The summed E-state index contributed by atoms with van der Waals surface area (Å²) in [6.45, 7) is 8.91. The first-order valence-electron chi connectivity index (χ1n) is 10.2. The Morgan fingerprint density at radius 1 is 1.17 bits per heavy atom. The molecule has 24 heavy (non-hydrogen) atoms. The van der Waals surface area contributed by atoms with E-state index in [0.29, 0.717) is 5.41 Å². The molecule has 3 aliphatic carbocycles. The number of benzene rings is 1. The lowest BCUT2D eigenvalue weighted by Crippen LogP contribution is -2.58. The van der Waals surface area contributed by atoms with Crippen LogP contribution in [0.15, 0.2) is 18.2 Å². The number of hydrogen-bond donors (Lipinski definition) is 1. The van der Waals surface area contributed by atoms with E-state index in [1.54, 1.807) is 11.1 Å². The van der Waals surface area contributed by atoms with E-state index in [1.807, 2.05) is 0 Å². The summed E-state index contributed by atoms with van der Waals surface area (Å²) in [5.74, 6) is 2.72.